The van der Waals surface area contributed by atoms with Crippen LogP contribution in [0.5, 0.6) is 0 Å². The van der Waals surface area contributed by atoms with Crippen LogP contribution >= 0.6 is 0 Å². The van der Waals surface area contributed by atoms with Gasteiger partial charge in [0.15, 0.2) is 0 Å². The second-order valence-corrected chi connectivity index (χ2v) is 5.91. The minimum absolute atomic E-state index is 0.0385. The predicted octanol–water partition coefficient (Wildman–Crippen LogP) is 2.45. The largest absolute Gasteiger partial charge is 0.510 e. The smallest absolute Gasteiger partial charge is 0.445 e. The molecule has 1 aromatic carbocycles. The van der Waals surface area contributed by atoms with Crippen LogP contribution in [0.15, 0.2) is 0 Å². The molecular formula is C12H12BF4O2S-. The van der Waals surface area contributed by atoms with Crippen LogP contribution in [0.1, 0.15) is 27.8 Å². The number of rotatable bonds is 3. The lowest BCUT2D eigenvalue weighted by Gasteiger charge is -2.26. The maximum Gasteiger partial charge on any atom is 0.510 e. The lowest BCUT2D eigenvalue weighted by molar-refractivity contribution is 0.499. The Morgan fingerprint density at radius 1 is 1.10 bits per heavy atom. The highest BCUT2D eigenvalue weighted by Gasteiger charge is 2.32. The van der Waals surface area contributed by atoms with E-state index in [4.69, 9.17) is 6.42 Å². The van der Waals surface area contributed by atoms with Crippen molar-refractivity contribution >= 4 is 22.7 Å². The summed E-state index contributed by atoms with van der Waals surface area (Å²) in [6.45, 7) is -1.62. The van der Waals surface area contributed by atoms with Crippen LogP contribution < -0.4 is 5.46 Å². The Kier molecular flexibility index (Phi) is 4.25. The van der Waals surface area contributed by atoms with Gasteiger partial charge in [0.2, 0.25) is 0 Å². The van der Waals surface area contributed by atoms with E-state index in [1.54, 1.807) is 0 Å². The lowest BCUT2D eigenvalue weighted by Crippen LogP contribution is -2.40. The van der Waals surface area contributed by atoms with Gasteiger partial charge in [0.25, 0.3) is 0 Å². The Hall–Kier alpha value is -1.49. The first-order valence-corrected chi connectivity index (χ1v) is 7.16. The minimum atomic E-state index is -5.38. The molecule has 0 radical (unpaired) electrons. The van der Waals surface area contributed by atoms with E-state index in [9.17, 15) is 25.3 Å². The number of hydrogen-bond acceptors (Lipinski definition) is 2. The normalized spacial score (nSPS) is 12.3. The average molecular weight is 307 g/mol. The van der Waals surface area contributed by atoms with Crippen LogP contribution in [-0.4, -0.2) is 15.4 Å². The van der Waals surface area contributed by atoms with Crippen LogP contribution in [-0.2, 0) is 16.0 Å². The number of benzene rings is 1. The van der Waals surface area contributed by atoms with Crippen molar-refractivity contribution in [3.63, 3.8) is 0 Å². The molecule has 0 spiro atoms. The molecule has 0 aliphatic rings. The Morgan fingerprint density at radius 2 is 1.60 bits per heavy atom. The fourth-order valence-corrected chi connectivity index (χ4v) is 3.17. The molecule has 0 saturated heterocycles. The fraction of sp³-hybridized carbons (Fsp3) is 0.333. The van der Waals surface area contributed by atoms with E-state index in [1.807, 2.05) is 0 Å². The number of halogens is 4. The SMILES string of the molecule is C#Cc1c(C)c(CS(=O)(=O)F)c(C)c([B-](F)(F)F)c1C. The summed E-state index contributed by atoms with van der Waals surface area (Å²) in [6, 6.07) is 0. The maximum absolute atomic E-state index is 13.1. The molecule has 0 unspecified atom stereocenters. The molecule has 1 aromatic rings. The third-order valence-corrected chi connectivity index (χ3v) is 3.89. The monoisotopic (exact) mass is 307 g/mol. The van der Waals surface area contributed by atoms with Gasteiger partial charge in [-0.15, -0.1) is 15.8 Å². The lowest BCUT2D eigenvalue weighted by atomic mass is 9.71. The first-order valence-electron chi connectivity index (χ1n) is 5.61. The van der Waals surface area contributed by atoms with E-state index >= 15 is 0 Å². The van der Waals surface area contributed by atoms with Crippen molar-refractivity contribution in [2.24, 2.45) is 0 Å². The quantitative estimate of drug-likeness (QED) is 0.372. The van der Waals surface area contributed by atoms with Crippen LogP contribution in [0.4, 0.5) is 16.8 Å². The van der Waals surface area contributed by atoms with Crippen molar-refractivity contribution in [3.05, 3.63) is 27.8 Å². The highest BCUT2D eigenvalue weighted by Crippen LogP contribution is 2.26. The van der Waals surface area contributed by atoms with Crippen molar-refractivity contribution in [1.82, 2.24) is 0 Å². The van der Waals surface area contributed by atoms with Gasteiger partial charge < -0.3 is 12.9 Å². The van der Waals surface area contributed by atoms with Gasteiger partial charge in [-0.25, -0.2) is 0 Å². The molecule has 2 nitrogen and oxygen atoms in total. The summed E-state index contributed by atoms with van der Waals surface area (Å²) >= 11 is 0. The summed E-state index contributed by atoms with van der Waals surface area (Å²) in [5.74, 6) is 1.01. The molecule has 0 fully saturated rings. The Bertz CT molecular complexity index is 700. The van der Waals surface area contributed by atoms with Crippen LogP contribution in [0.3, 0.4) is 0 Å². The molecule has 0 amide bonds. The van der Waals surface area contributed by atoms with Crippen LogP contribution in [0.25, 0.3) is 0 Å². The van der Waals surface area contributed by atoms with Gasteiger partial charge >= 0.3 is 17.2 Å². The summed E-state index contributed by atoms with van der Waals surface area (Å²) in [4.78, 5) is 0. The highest BCUT2D eigenvalue weighted by atomic mass is 32.3. The maximum atomic E-state index is 13.1. The van der Waals surface area contributed by atoms with E-state index in [0.717, 1.165) is 6.92 Å². The molecular weight excluding hydrogens is 295 g/mol. The summed E-state index contributed by atoms with van der Waals surface area (Å²) < 4.78 is 73.7. The molecule has 0 aliphatic carbocycles. The van der Waals surface area contributed by atoms with Gasteiger partial charge in [0.1, 0.15) is 5.75 Å². The summed E-state index contributed by atoms with van der Waals surface area (Å²) in [6.07, 6.45) is 5.19. The molecule has 0 N–H and O–H groups in total. The topological polar surface area (TPSA) is 34.1 Å². The van der Waals surface area contributed by atoms with Gasteiger partial charge in [-0.1, -0.05) is 17.0 Å². The van der Waals surface area contributed by atoms with E-state index < -0.39 is 28.4 Å². The Morgan fingerprint density at radius 3 is 1.95 bits per heavy atom. The molecule has 0 bridgehead atoms. The van der Waals surface area contributed by atoms with E-state index in [-0.39, 0.29) is 27.8 Å². The summed E-state index contributed by atoms with van der Waals surface area (Å²) in [5, 5.41) is 0. The first-order chi connectivity index (χ1) is 8.90. The standard InChI is InChI=1S/C12H12BF4O2S/c1-5-10-7(2)11(6-20(17,18)19)9(4)12(8(10)3)13(14,15)16/h1H,6H2,2-4H3/q-1. The zero-order valence-electron chi connectivity index (χ0n) is 11.1. The molecule has 0 heterocycles. The van der Waals surface area contributed by atoms with Crippen molar-refractivity contribution in [3.8, 4) is 12.3 Å². The van der Waals surface area contributed by atoms with Gasteiger partial charge in [0, 0.05) is 5.56 Å². The zero-order chi connectivity index (χ0) is 15.9. The van der Waals surface area contributed by atoms with Crippen molar-refractivity contribution < 1.29 is 25.3 Å². The molecule has 8 heteroatoms. The Labute approximate surface area is 115 Å². The molecule has 0 aliphatic heterocycles. The minimum Gasteiger partial charge on any atom is -0.445 e. The van der Waals surface area contributed by atoms with Gasteiger partial charge in [-0.05, 0) is 31.9 Å². The number of terminal acetylenes is 1. The average Bonchev–Trinajstić information content (AvgIpc) is 2.21. The molecule has 20 heavy (non-hydrogen) atoms. The van der Waals surface area contributed by atoms with Gasteiger partial charge in [-0.3, -0.25) is 0 Å². The molecule has 0 saturated carbocycles. The van der Waals surface area contributed by atoms with Gasteiger partial charge in [0.05, 0.1) is 0 Å². The van der Waals surface area contributed by atoms with Crippen molar-refractivity contribution in [1.29, 1.82) is 0 Å². The Balaban J connectivity index is 3.84. The molecule has 0 aromatic heterocycles. The van der Waals surface area contributed by atoms with E-state index in [0.29, 0.717) is 0 Å². The second kappa shape index (κ2) is 5.13. The molecule has 1 rings (SSSR count). The van der Waals surface area contributed by atoms with Crippen molar-refractivity contribution in [2.45, 2.75) is 26.5 Å². The number of hydrogen-bond donors (Lipinski definition) is 0. The van der Waals surface area contributed by atoms with E-state index in [2.05, 4.69) is 5.92 Å². The zero-order valence-corrected chi connectivity index (χ0v) is 11.9. The third-order valence-electron chi connectivity index (χ3n) is 3.25. The predicted molar refractivity (Wildman–Crippen MR) is 71.0 cm³/mol. The first kappa shape index (κ1) is 16.6. The molecule has 110 valence electrons. The third kappa shape index (κ3) is 3.15. The highest BCUT2D eigenvalue weighted by molar-refractivity contribution is 7.85. The summed E-state index contributed by atoms with van der Waals surface area (Å²) in [7, 11) is -4.95. The van der Waals surface area contributed by atoms with Crippen LogP contribution in [0, 0.1) is 33.1 Å². The van der Waals surface area contributed by atoms with E-state index in [1.165, 1.54) is 13.8 Å². The van der Waals surface area contributed by atoms with Crippen molar-refractivity contribution in [2.75, 3.05) is 0 Å². The molecule has 0 atom stereocenters. The van der Waals surface area contributed by atoms with Gasteiger partial charge in [-0.2, -0.15) is 8.42 Å². The second-order valence-electron chi connectivity index (χ2n) is 4.54. The van der Waals surface area contributed by atoms with Crippen LogP contribution in [0.2, 0.25) is 0 Å². The summed E-state index contributed by atoms with van der Waals surface area (Å²) in [5.41, 5.74) is -1.43. The fourth-order valence-electron chi connectivity index (χ4n) is 2.39.